The minimum absolute atomic E-state index is 0.0933. The van der Waals surface area contributed by atoms with Gasteiger partial charge in [0.1, 0.15) is 0 Å². The molecule has 0 bridgehead atoms. The molecule has 0 heterocycles. The molecule has 5 heteroatoms. The van der Waals surface area contributed by atoms with Crippen LogP contribution in [0.1, 0.15) is 17.3 Å². The summed E-state index contributed by atoms with van der Waals surface area (Å²) in [6.07, 6.45) is 0. The summed E-state index contributed by atoms with van der Waals surface area (Å²) in [6, 6.07) is 4.70. The summed E-state index contributed by atoms with van der Waals surface area (Å²) in [5.74, 6) is -0.258. The highest BCUT2D eigenvalue weighted by Gasteiger charge is 2.12. The van der Waals surface area contributed by atoms with Crippen molar-refractivity contribution < 1.29 is 9.90 Å². The lowest BCUT2D eigenvalue weighted by molar-refractivity contribution is 0.0921. The molecule has 82 valence electrons. The zero-order valence-electron chi connectivity index (χ0n) is 8.13. The van der Waals surface area contributed by atoms with E-state index in [9.17, 15) is 4.79 Å². The van der Waals surface area contributed by atoms with Crippen molar-refractivity contribution in [3.8, 4) is 0 Å². The zero-order chi connectivity index (χ0) is 11.4. The van der Waals surface area contributed by atoms with E-state index < -0.39 is 0 Å². The second-order valence-electron chi connectivity index (χ2n) is 3.18. The predicted molar refractivity (Wildman–Crippen MR) is 63.2 cm³/mol. The average Bonchev–Trinajstić information content (AvgIpc) is 2.21. The molecular formula is C10H11BrClNO2. The van der Waals surface area contributed by atoms with Crippen LogP contribution in [0.3, 0.4) is 0 Å². The second kappa shape index (κ2) is 5.49. The summed E-state index contributed by atoms with van der Waals surface area (Å²) in [5, 5.41) is 11.9. The smallest absolute Gasteiger partial charge is 0.252 e. The van der Waals surface area contributed by atoms with Gasteiger partial charge < -0.3 is 10.4 Å². The Kier molecular flexibility index (Phi) is 4.57. The molecule has 0 aliphatic carbocycles. The Morgan fingerprint density at radius 2 is 2.33 bits per heavy atom. The molecule has 0 saturated heterocycles. The SMILES string of the molecule is CC(CO)NC(=O)c1cc(Cl)ccc1Br. The molecule has 1 aromatic rings. The summed E-state index contributed by atoms with van der Waals surface area (Å²) in [6.45, 7) is 1.63. The number of carbonyl (C=O) groups is 1. The molecule has 0 saturated carbocycles. The van der Waals surface area contributed by atoms with Gasteiger partial charge in [-0.25, -0.2) is 0 Å². The first-order valence-corrected chi connectivity index (χ1v) is 5.58. The van der Waals surface area contributed by atoms with Crippen LogP contribution in [0.15, 0.2) is 22.7 Å². The van der Waals surface area contributed by atoms with Crippen molar-refractivity contribution in [3.63, 3.8) is 0 Å². The highest BCUT2D eigenvalue weighted by Crippen LogP contribution is 2.21. The number of rotatable bonds is 3. The lowest BCUT2D eigenvalue weighted by atomic mass is 10.2. The average molecular weight is 293 g/mol. The predicted octanol–water partition coefficient (Wildman–Crippen LogP) is 2.21. The molecule has 0 fully saturated rings. The molecule has 3 nitrogen and oxygen atoms in total. The van der Waals surface area contributed by atoms with Crippen molar-refractivity contribution in [2.75, 3.05) is 6.61 Å². The quantitative estimate of drug-likeness (QED) is 0.897. The van der Waals surface area contributed by atoms with Crippen molar-refractivity contribution in [2.45, 2.75) is 13.0 Å². The van der Waals surface area contributed by atoms with E-state index in [2.05, 4.69) is 21.2 Å². The first-order chi connectivity index (χ1) is 7.04. The van der Waals surface area contributed by atoms with Gasteiger partial charge in [-0.1, -0.05) is 11.6 Å². The Bertz CT molecular complexity index is 370. The second-order valence-corrected chi connectivity index (χ2v) is 4.47. The summed E-state index contributed by atoms with van der Waals surface area (Å²) in [7, 11) is 0. The zero-order valence-corrected chi connectivity index (χ0v) is 10.5. The first kappa shape index (κ1) is 12.5. The molecule has 1 unspecified atom stereocenters. The Hall–Kier alpha value is -0.580. The van der Waals surface area contributed by atoms with Crippen LogP contribution < -0.4 is 5.32 Å². The number of hydrogen-bond donors (Lipinski definition) is 2. The van der Waals surface area contributed by atoms with Crippen LogP contribution in [-0.2, 0) is 0 Å². The van der Waals surface area contributed by atoms with Gasteiger partial charge in [-0.05, 0) is 41.1 Å². The molecule has 2 N–H and O–H groups in total. The van der Waals surface area contributed by atoms with Gasteiger partial charge in [0.05, 0.1) is 12.2 Å². The fourth-order valence-electron chi connectivity index (χ4n) is 1.02. The maximum absolute atomic E-state index is 11.7. The van der Waals surface area contributed by atoms with Gasteiger partial charge in [0.2, 0.25) is 0 Å². The van der Waals surface area contributed by atoms with Gasteiger partial charge in [0.25, 0.3) is 5.91 Å². The first-order valence-electron chi connectivity index (χ1n) is 4.41. The summed E-state index contributed by atoms with van der Waals surface area (Å²) < 4.78 is 0.675. The van der Waals surface area contributed by atoms with E-state index >= 15 is 0 Å². The van der Waals surface area contributed by atoms with Gasteiger partial charge >= 0.3 is 0 Å². The Balaban J connectivity index is 2.86. The van der Waals surface area contributed by atoms with Crippen LogP contribution in [-0.4, -0.2) is 23.7 Å². The Labute approximate surface area is 102 Å². The molecular weight excluding hydrogens is 281 g/mol. The van der Waals surface area contributed by atoms with Crippen LogP contribution in [0, 0.1) is 0 Å². The van der Waals surface area contributed by atoms with E-state index in [0.717, 1.165) is 0 Å². The number of benzene rings is 1. The minimum Gasteiger partial charge on any atom is -0.394 e. The van der Waals surface area contributed by atoms with E-state index in [-0.39, 0.29) is 18.6 Å². The third kappa shape index (κ3) is 3.48. The van der Waals surface area contributed by atoms with Crippen molar-refractivity contribution in [2.24, 2.45) is 0 Å². The summed E-state index contributed by atoms with van der Waals surface area (Å²) in [5.41, 5.74) is 0.461. The third-order valence-corrected chi connectivity index (χ3v) is 2.75. The molecule has 0 aliphatic heterocycles. The van der Waals surface area contributed by atoms with Crippen LogP contribution in [0.4, 0.5) is 0 Å². The van der Waals surface area contributed by atoms with E-state index in [4.69, 9.17) is 16.7 Å². The summed E-state index contributed by atoms with van der Waals surface area (Å²) in [4.78, 5) is 11.7. The minimum atomic E-state index is -0.275. The number of aliphatic hydroxyl groups excluding tert-OH is 1. The molecule has 1 aromatic carbocycles. The number of halogens is 2. The maximum Gasteiger partial charge on any atom is 0.252 e. The van der Waals surface area contributed by atoms with Crippen LogP contribution in [0.25, 0.3) is 0 Å². The number of aliphatic hydroxyl groups is 1. The molecule has 0 spiro atoms. The van der Waals surface area contributed by atoms with Gasteiger partial charge in [0, 0.05) is 15.5 Å². The number of amides is 1. The standard InChI is InChI=1S/C10H11BrClNO2/c1-6(5-14)13-10(15)8-4-7(12)2-3-9(8)11/h2-4,6,14H,5H2,1H3,(H,13,15). The van der Waals surface area contributed by atoms with Crippen molar-refractivity contribution in [1.29, 1.82) is 0 Å². The van der Waals surface area contributed by atoms with Gasteiger partial charge in [-0.2, -0.15) is 0 Å². The molecule has 0 aliphatic rings. The molecule has 1 atom stereocenters. The van der Waals surface area contributed by atoms with Crippen molar-refractivity contribution in [1.82, 2.24) is 5.32 Å². The number of carbonyl (C=O) groups excluding carboxylic acids is 1. The van der Waals surface area contributed by atoms with E-state index in [1.54, 1.807) is 25.1 Å². The van der Waals surface area contributed by atoms with Crippen molar-refractivity contribution >= 4 is 33.4 Å². The Morgan fingerprint density at radius 1 is 1.67 bits per heavy atom. The van der Waals surface area contributed by atoms with Gasteiger partial charge in [-0.3, -0.25) is 4.79 Å². The Morgan fingerprint density at radius 3 is 2.93 bits per heavy atom. The topological polar surface area (TPSA) is 49.3 Å². The fourth-order valence-corrected chi connectivity index (χ4v) is 1.62. The molecule has 15 heavy (non-hydrogen) atoms. The summed E-state index contributed by atoms with van der Waals surface area (Å²) >= 11 is 9.04. The largest absolute Gasteiger partial charge is 0.394 e. The van der Waals surface area contributed by atoms with Gasteiger partial charge in [0.15, 0.2) is 0 Å². The molecule has 0 aromatic heterocycles. The monoisotopic (exact) mass is 291 g/mol. The highest BCUT2D eigenvalue weighted by molar-refractivity contribution is 9.10. The lowest BCUT2D eigenvalue weighted by Crippen LogP contribution is -2.35. The van der Waals surface area contributed by atoms with Crippen LogP contribution in [0.5, 0.6) is 0 Å². The highest BCUT2D eigenvalue weighted by atomic mass is 79.9. The molecule has 1 amide bonds. The van der Waals surface area contributed by atoms with Crippen LogP contribution >= 0.6 is 27.5 Å². The molecule has 1 rings (SSSR count). The van der Waals surface area contributed by atoms with E-state index in [0.29, 0.717) is 15.1 Å². The van der Waals surface area contributed by atoms with Gasteiger partial charge in [-0.15, -0.1) is 0 Å². The maximum atomic E-state index is 11.7. The third-order valence-electron chi connectivity index (χ3n) is 1.82. The van der Waals surface area contributed by atoms with Crippen LogP contribution in [0.2, 0.25) is 5.02 Å². The van der Waals surface area contributed by atoms with Crippen molar-refractivity contribution in [3.05, 3.63) is 33.3 Å². The number of nitrogens with one attached hydrogen (secondary N) is 1. The molecule has 0 radical (unpaired) electrons. The lowest BCUT2D eigenvalue weighted by Gasteiger charge is -2.11. The fraction of sp³-hybridized carbons (Fsp3) is 0.300. The number of hydrogen-bond acceptors (Lipinski definition) is 2. The van der Waals surface area contributed by atoms with E-state index in [1.165, 1.54) is 0 Å². The normalized spacial score (nSPS) is 12.3. The van der Waals surface area contributed by atoms with E-state index in [1.807, 2.05) is 0 Å².